The highest BCUT2D eigenvalue weighted by atomic mass is 32.2. The molecule has 0 saturated heterocycles. The van der Waals surface area contributed by atoms with E-state index in [1.165, 1.54) is 30.5 Å². The summed E-state index contributed by atoms with van der Waals surface area (Å²) in [5.74, 6) is -0.517. The average Bonchev–Trinajstić information content (AvgIpc) is 3.13. The molecule has 4 aromatic rings. The Bertz CT molecular complexity index is 1370. The second kappa shape index (κ2) is 7.49. The van der Waals surface area contributed by atoms with E-state index in [0.717, 1.165) is 12.5 Å². The molecule has 30 heavy (non-hydrogen) atoms. The van der Waals surface area contributed by atoms with Gasteiger partial charge in [0.05, 0.1) is 23.6 Å². The summed E-state index contributed by atoms with van der Waals surface area (Å²) in [6, 6.07) is 8.92. The van der Waals surface area contributed by atoms with Gasteiger partial charge in [-0.3, -0.25) is 0 Å². The van der Waals surface area contributed by atoms with Gasteiger partial charge in [-0.05, 0) is 48.9 Å². The number of pyridine rings is 2. The number of halogens is 2. The number of benzene rings is 1. The first-order valence-electron chi connectivity index (χ1n) is 8.93. The molecule has 0 atom stereocenters. The molecule has 0 aliphatic heterocycles. The molecule has 0 bridgehead atoms. The van der Waals surface area contributed by atoms with Crippen molar-refractivity contribution < 1.29 is 23.0 Å². The molecular weight excluding hydrogens is 412 g/mol. The molecule has 0 fully saturated rings. The van der Waals surface area contributed by atoms with Crippen LogP contribution in [0.3, 0.4) is 0 Å². The fourth-order valence-corrected chi connectivity index (χ4v) is 4.05. The number of hydrogen-bond acceptors (Lipinski definition) is 6. The molecule has 4 rings (SSSR count). The SMILES string of the molecule is Cc1cc(CS(C)(=O)=O)cc(Nc2cc(-c3ccc(F)c4ccoc34)c(F)cn2)n1.[HH]. The first-order chi connectivity index (χ1) is 14.2. The van der Waals surface area contributed by atoms with Crippen LogP contribution in [0.2, 0.25) is 0 Å². The van der Waals surface area contributed by atoms with Crippen LogP contribution in [0.25, 0.3) is 22.1 Å². The predicted octanol–water partition coefficient (Wildman–Crippen LogP) is 5.01. The van der Waals surface area contributed by atoms with Crippen LogP contribution in [-0.4, -0.2) is 24.6 Å². The van der Waals surface area contributed by atoms with Crippen LogP contribution in [-0.2, 0) is 15.6 Å². The zero-order chi connectivity index (χ0) is 21.5. The smallest absolute Gasteiger partial charge is 0.151 e. The third kappa shape index (κ3) is 4.16. The quantitative estimate of drug-likeness (QED) is 0.478. The van der Waals surface area contributed by atoms with Gasteiger partial charge in [-0.2, -0.15) is 0 Å². The molecule has 0 aliphatic rings. The number of rotatable bonds is 5. The summed E-state index contributed by atoms with van der Waals surface area (Å²) < 4.78 is 57.0. The fraction of sp³-hybridized carbons (Fsp3) is 0.143. The molecular formula is C21H19F2N3O3S. The summed E-state index contributed by atoms with van der Waals surface area (Å²) in [4.78, 5) is 8.36. The van der Waals surface area contributed by atoms with E-state index in [1.807, 2.05) is 0 Å². The first kappa shape index (κ1) is 20.0. The predicted molar refractivity (Wildman–Crippen MR) is 112 cm³/mol. The minimum Gasteiger partial charge on any atom is -0.464 e. The standard InChI is InChI=1S/C21H17F2N3O3S.H2/c1-12-7-13(11-30(2,27)28)8-20(25-12)26-19-9-16(18(23)10-24-19)14-3-4-17(22)15-5-6-29-21(14)15;/h3-10H,11H2,1-2H3,(H,24,25,26);1H. The van der Waals surface area contributed by atoms with Crippen LogP contribution in [0.5, 0.6) is 0 Å². The second-order valence-electron chi connectivity index (χ2n) is 7.00. The molecule has 6 nitrogen and oxygen atoms in total. The summed E-state index contributed by atoms with van der Waals surface area (Å²) in [6.45, 7) is 1.74. The highest BCUT2D eigenvalue weighted by Gasteiger charge is 2.16. The van der Waals surface area contributed by atoms with Gasteiger partial charge in [-0.15, -0.1) is 0 Å². The molecule has 0 radical (unpaired) electrons. The number of anilines is 2. The summed E-state index contributed by atoms with van der Waals surface area (Å²) in [5, 5.41) is 3.23. The fourth-order valence-electron chi connectivity index (χ4n) is 3.27. The van der Waals surface area contributed by atoms with Crippen molar-refractivity contribution in [3.8, 4) is 11.1 Å². The van der Waals surface area contributed by atoms with Crippen LogP contribution in [0.15, 0.2) is 53.3 Å². The van der Waals surface area contributed by atoms with Gasteiger partial charge in [0.1, 0.15) is 28.9 Å². The lowest BCUT2D eigenvalue weighted by molar-refractivity contribution is 0.601. The molecule has 0 unspecified atom stereocenters. The maximum atomic E-state index is 14.5. The van der Waals surface area contributed by atoms with Gasteiger partial charge in [-0.25, -0.2) is 27.2 Å². The number of aryl methyl sites for hydroxylation is 1. The molecule has 3 heterocycles. The number of fused-ring (bicyclic) bond motifs is 1. The Morgan fingerprint density at radius 1 is 1.07 bits per heavy atom. The molecule has 0 spiro atoms. The Labute approximate surface area is 173 Å². The zero-order valence-corrected chi connectivity index (χ0v) is 16.9. The minimum atomic E-state index is -3.21. The lowest BCUT2D eigenvalue weighted by atomic mass is 10.0. The number of nitrogens with one attached hydrogen (secondary N) is 1. The van der Waals surface area contributed by atoms with Gasteiger partial charge in [0.2, 0.25) is 0 Å². The second-order valence-corrected chi connectivity index (χ2v) is 9.15. The van der Waals surface area contributed by atoms with Gasteiger partial charge in [0, 0.05) is 24.5 Å². The van der Waals surface area contributed by atoms with Crippen LogP contribution in [0, 0.1) is 18.6 Å². The Hall–Kier alpha value is -3.33. The van der Waals surface area contributed by atoms with E-state index in [-0.39, 0.29) is 23.7 Å². The molecule has 1 aromatic carbocycles. The summed E-state index contributed by atoms with van der Waals surface area (Å²) in [6.07, 6.45) is 3.54. The van der Waals surface area contributed by atoms with Gasteiger partial charge >= 0.3 is 0 Å². The zero-order valence-electron chi connectivity index (χ0n) is 16.1. The highest BCUT2D eigenvalue weighted by Crippen LogP contribution is 2.33. The van der Waals surface area contributed by atoms with Crippen molar-refractivity contribution in [3.05, 3.63) is 71.8 Å². The Kier molecular flexibility index (Phi) is 4.98. The summed E-state index contributed by atoms with van der Waals surface area (Å²) in [7, 11) is -3.21. The summed E-state index contributed by atoms with van der Waals surface area (Å²) in [5.41, 5.74) is 1.99. The van der Waals surface area contributed by atoms with E-state index < -0.39 is 21.5 Å². The van der Waals surface area contributed by atoms with Crippen molar-refractivity contribution in [3.63, 3.8) is 0 Å². The van der Waals surface area contributed by atoms with Crippen LogP contribution in [0.1, 0.15) is 12.7 Å². The van der Waals surface area contributed by atoms with Crippen molar-refractivity contribution in [1.82, 2.24) is 9.97 Å². The topological polar surface area (TPSA) is 85.1 Å². The Morgan fingerprint density at radius 3 is 2.63 bits per heavy atom. The van der Waals surface area contributed by atoms with E-state index in [9.17, 15) is 17.2 Å². The van der Waals surface area contributed by atoms with Gasteiger partial charge in [0.15, 0.2) is 9.84 Å². The molecule has 0 amide bonds. The van der Waals surface area contributed by atoms with Crippen molar-refractivity contribution in [2.24, 2.45) is 0 Å². The van der Waals surface area contributed by atoms with Gasteiger partial charge in [0.25, 0.3) is 0 Å². The highest BCUT2D eigenvalue weighted by molar-refractivity contribution is 7.89. The minimum absolute atomic E-state index is 0. The number of sulfone groups is 1. The van der Waals surface area contributed by atoms with E-state index >= 15 is 0 Å². The number of aromatic nitrogens is 2. The molecule has 1 N–H and O–H groups in total. The number of furan rings is 1. The Balaban J connectivity index is 0.00000272. The maximum absolute atomic E-state index is 14.5. The third-order valence-electron chi connectivity index (χ3n) is 4.41. The van der Waals surface area contributed by atoms with Gasteiger partial charge in [-0.1, -0.05) is 0 Å². The van der Waals surface area contributed by atoms with E-state index in [4.69, 9.17) is 4.42 Å². The van der Waals surface area contributed by atoms with E-state index in [1.54, 1.807) is 19.1 Å². The number of hydrogen-bond donors (Lipinski definition) is 1. The normalized spacial score (nSPS) is 11.7. The van der Waals surface area contributed by atoms with Gasteiger partial charge < -0.3 is 9.73 Å². The number of nitrogens with zero attached hydrogens (tertiary/aromatic N) is 2. The van der Waals surface area contributed by atoms with E-state index in [2.05, 4.69) is 15.3 Å². The van der Waals surface area contributed by atoms with Crippen LogP contribution in [0.4, 0.5) is 20.4 Å². The third-order valence-corrected chi connectivity index (χ3v) is 5.26. The van der Waals surface area contributed by atoms with Crippen LogP contribution >= 0.6 is 0 Å². The van der Waals surface area contributed by atoms with Crippen LogP contribution < -0.4 is 5.32 Å². The molecule has 0 aliphatic carbocycles. The average molecular weight is 431 g/mol. The first-order valence-corrected chi connectivity index (χ1v) is 11.0. The Morgan fingerprint density at radius 2 is 1.87 bits per heavy atom. The maximum Gasteiger partial charge on any atom is 0.151 e. The molecule has 0 saturated carbocycles. The molecule has 156 valence electrons. The van der Waals surface area contributed by atoms with Crippen molar-refractivity contribution in [2.45, 2.75) is 12.7 Å². The van der Waals surface area contributed by atoms with Crippen molar-refractivity contribution in [2.75, 3.05) is 11.6 Å². The molecule has 9 heteroatoms. The monoisotopic (exact) mass is 431 g/mol. The summed E-state index contributed by atoms with van der Waals surface area (Å²) >= 11 is 0. The lowest BCUT2D eigenvalue weighted by Gasteiger charge is -2.11. The largest absolute Gasteiger partial charge is 0.464 e. The van der Waals surface area contributed by atoms with Crippen molar-refractivity contribution >= 4 is 32.4 Å². The van der Waals surface area contributed by atoms with E-state index in [0.29, 0.717) is 28.5 Å². The lowest BCUT2D eigenvalue weighted by Crippen LogP contribution is -2.04. The molecule has 3 aromatic heterocycles. The van der Waals surface area contributed by atoms with Crippen molar-refractivity contribution in [1.29, 1.82) is 0 Å².